The summed E-state index contributed by atoms with van der Waals surface area (Å²) in [7, 11) is 0. The third-order valence-electron chi connectivity index (χ3n) is 4.94. The summed E-state index contributed by atoms with van der Waals surface area (Å²) in [5, 5.41) is 13.0. The summed E-state index contributed by atoms with van der Waals surface area (Å²) in [5.41, 5.74) is 1.06. The number of aromatic nitrogens is 2. The van der Waals surface area contributed by atoms with Gasteiger partial charge in [-0.2, -0.15) is 13.2 Å². The number of rotatable bonds is 5. The van der Waals surface area contributed by atoms with Crippen molar-refractivity contribution in [1.29, 1.82) is 0 Å². The molecule has 8 nitrogen and oxygen atoms in total. The maximum Gasteiger partial charge on any atom is 0.490 e. The lowest BCUT2D eigenvalue weighted by Gasteiger charge is -2.34. The van der Waals surface area contributed by atoms with E-state index in [9.17, 15) is 22.4 Å². The number of carbonyl (C=O) groups excluding carboxylic acids is 1. The number of alkyl halides is 3. The maximum absolute atomic E-state index is 14.2. The summed E-state index contributed by atoms with van der Waals surface area (Å²) in [6, 6.07) is 10.7. The summed E-state index contributed by atoms with van der Waals surface area (Å²) in [5.74, 6) is -2.77. The van der Waals surface area contributed by atoms with Gasteiger partial charge in [0, 0.05) is 44.3 Å². The van der Waals surface area contributed by atoms with Gasteiger partial charge < -0.3 is 15.3 Å². The lowest BCUT2D eigenvalue weighted by atomic mass is 10.1. The highest BCUT2D eigenvalue weighted by Gasteiger charge is 2.38. The maximum atomic E-state index is 14.2. The van der Waals surface area contributed by atoms with Crippen molar-refractivity contribution in [2.45, 2.75) is 12.7 Å². The van der Waals surface area contributed by atoms with Crippen LogP contribution in [0.25, 0.3) is 0 Å². The monoisotopic (exact) mass is 589 g/mol. The van der Waals surface area contributed by atoms with Crippen LogP contribution in [-0.4, -0.2) is 69.1 Å². The van der Waals surface area contributed by atoms with Gasteiger partial charge in [-0.05, 0) is 40.2 Å². The standard InChI is InChI=1S/C20H19BrFN5OS.C2HF3O2/c21-16-5-2-4-15(18(16)22)19(28)27-10-8-26(9-11-27)13-14-3-1-6-17(24-14)25-20-23-7-12-29-20;3-2(4,5)1(6)7/h1-7,12H,8-11,13H2,(H,23,24,25);(H,6,7). The van der Waals surface area contributed by atoms with Crippen LogP contribution in [0.3, 0.4) is 0 Å². The second-order valence-electron chi connectivity index (χ2n) is 7.45. The van der Waals surface area contributed by atoms with Gasteiger partial charge >= 0.3 is 12.1 Å². The topological polar surface area (TPSA) is 98.7 Å². The molecule has 0 radical (unpaired) electrons. The van der Waals surface area contributed by atoms with Crippen molar-refractivity contribution in [3.63, 3.8) is 0 Å². The van der Waals surface area contributed by atoms with E-state index in [4.69, 9.17) is 9.90 Å². The number of thiazole rings is 1. The zero-order valence-electron chi connectivity index (χ0n) is 18.5. The molecule has 0 saturated carbocycles. The molecule has 1 aliphatic rings. The third kappa shape index (κ3) is 7.70. The number of amides is 1. The Morgan fingerprint density at radius 2 is 1.78 bits per heavy atom. The quantitative estimate of drug-likeness (QED) is 0.413. The van der Waals surface area contributed by atoms with Crippen molar-refractivity contribution in [2.24, 2.45) is 0 Å². The molecule has 2 N–H and O–H groups in total. The molecule has 1 amide bonds. The highest BCUT2D eigenvalue weighted by molar-refractivity contribution is 9.10. The third-order valence-corrected chi connectivity index (χ3v) is 6.24. The molecule has 3 heterocycles. The molecule has 1 saturated heterocycles. The number of nitrogens with zero attached hydrogens (tertiary/aromatic N) is 4. The van der Waals surface area contributed by atoms with Crippen LogP contribution >= 0.6 is 27.3 Å². The molecule has 0 atom stereocenters. The fourth-order valence-corrected chi connectivity index (χ4v) is 4.11. The number of hydrogen-bond donors (Lipinski definition) is 2. The molecule has 3 aromatic rings. The van der Waals surface area contributed by atoms with Gasteiger partial charge in [0.15, 0.2) is 5.13 Å². The Kier molecular flexibility index (Phi) is 9.34. The Morgan fingerprint density at radius 3 is 2.39 bits per heavy atom. The predicted octanol–water partition coefficient (Wildman–Crippen LogP) is 4.77. The number of carbonyl (C=O) groups is 2. The van der Waals surface area contributed by atoms with Crippen LogP contribution in [-0.2, 0) is 11.3 Å². The van der Waals surface area contributed by atoms with Gasteiger partial charge in [-0.25, -0.2) is 19.2 Å². The highest BCUT2D eigenvalue weighted by atomic mass is 79.9. The van der Waals surface area contributed by atoms with Crippen LogP contribution in [0.5, 0.6) is 0 Å². The molecule has 192 valence electrons. The molecular formula is C22H20BrF4N5O3S. The fourth-order valence-electron chi connectivity index (χ4n) is 3.21. The van der Waals surface area contributed by atoms with Gasteiger partial charge in [0.05, 0.1) is 15.7 Å². The number of piperazine rings is 1. The van der Waals surface area contributed by atoms with Crippen molar-refractivity contribution in [3.05, 3.63) is 69.5 Å². The number of anilines is 2. The second-order valence-corrected chi connectivity index (χ2v) is 9.20. The van der Waals surface area contributed by atoms with E-state index in [1.807, 2.05) is 23.6 Å². The van der Waals surface area contributed by atoms with E-state index in [1.54, 1.807) is 23.2 Å². The minimum absolute atomic E-state index is 0.107. The van der Waals surface area contributed by atoms with Gasteiger partial charge in [0.2, 0.25) is 0 Å². The lowest BCUT2D eigenvalue weighted by molar-refractivity contribution is -0.192. The van der Waals surface area contributed by atoms with Gasteiger partial charge in [-0.15, -0.1) is 11.3 Å². The zero-order chi connectivity index (χ0) is 26.3. The molecule has 1 aliphatic heterocycles. The van der Waals surface area contributed by atoms with Crippen LogP contribution in [0, 0.1) is 5.82 Å². The first-order valence-corrected chi connectivity index (χ1v) is 12.1. The lowest BCUT2D eigenvalue weighted by Crippen LogP contribution is -2.48. The Labute approximate surface area is 215 Å². The second kappa shape index (κ2) is 12.2. The van der Waals surface area contributed by atoms with Crippen molar-refractivity contribution in [2.75, 3.05) is 31.5 Å². The Morgan fingerprint density at radius 1 is 1.11 bits per heavy atom. The molecule has 14 heteroatoms. The molecule has 0 bridgehead atoms. The number of pyridine rings is 1. The van der Waals surface area contributed by atoms with Crippen molar-refractivity contribution in [3.8, 4) is 0 Å². The summed E-state index contributed by atoms with van der Waals surface area (Å²) in [6.07, 6.45) is -3.34. The molecular weight excluding hydrogens is 570 g/mol. The van der Waals surface area contributed by atoms with E-state index in [-0.39, 0.29) is 11.5 Å². The van der Waals surface area contributed by atoms with E-state index < -0.39 is 18.0 Å². The number of benzene rings is 1. The molecule has 0 unspecified atom stereocenters. The molecule has 2 aromatic heterocycles. The average Bonchev–Trinajstić information content (AvgIpc) is 3.34. The first-order valence-electron chi connectivity index (χ1n) is 10.4. The number of nitrogens with one attached hydrogen (secondary N) is 1. The summed E-state index contributed by atoms with van der Waals surface area (Å²) < 4.78 is 46.3. The van der Waals surface area contributed by atoms with E-state index in [0.717, 1.165) is 16.6 Å². The van der Waals surface area contributed by atoms with Gasteiger partial charge in [0.1, 0.15) is 11.6 Å². The first kappa shape index (κ1) is 27.5. The molecule has 1 aromatic carbocycles. The van der Waals surface area contributed by atoms with Crippen LogP contribution in [0.1, 0.15) is 16.1 Å². The molecule has 4 rings (SSSR count). The molecule has 0 spiro atoms. The van der Waals surface area contributed by atoms with Crippen molar-refractivity contribution < 1.29 is 32.3 Å². The van der Waals surface area contributed by atoms with Gasteiger partial charge in [-0.3, -0.25) is 9.69 Å². The Hall–Kier alpha value is -3.10. The van der Waals surface area contributed by atoms with Crippen molar-refractivity contribution >= 4 is 50.1 Å². The number of carboxylic acids is 1. The largest absolute Gasteiger partial charge is 0.490 e. The predicted molar refractivity (Wildman–Crippen MR) is 129 cm³/mol. The normalized spacial score (nSPS) is 14.1. The fraction of sp³-hybridized carbons (Fsp3) is 0.273. The van der Waals surface area contributed by atoms with Gasteiger partial charge in [0.25, 0.3) is 5.91 Å². The van der Waals surface area contributed by atoms with Crippen LogP contribution < -0.4 is 5.32 Å². The highest BCUT2D eigenvalue weighted by Crippen LogP contribution is 2.21. The number of aliphatic carboxylic acids is 1. The first-order chi connectivity index (χ1) is 17.0. The Balaban J connectivity index is 0.000000454. The van der Waals surface area contributed by atoms with Crippen molar-refractivity contribution in [1.82, 2.24) is 19.8 Å². The van der Waals surface area contributed by atoms with E-state index in [0.29, 0.717) is 37.2 Å². The minimum Gasteiger partial charge on any atom is -0.475 e. The molecule has 36 heavy (non-hydrogen) atoms. The van der Waals surface area contributed by atoms with Gasteiger partial charge in [-0.1, -0.05) is 12.1 Å². The smallest absolute Gasteiger partial charge is 0.475 e. The van der Waals surface area contributed by atoms with Crippen LogP contribution in [0.2, 0.25) is 0 Å². The summed E-state index contributed by atoms with van der Waals surface area (Å²) in [4.78, 5) is 34.4. The summed E-state index contributed by atoms with van der Waals surface area (Å²) >= 11 is 4.66. The minimum atomic E-state index is -5.08. The van der Waals surface area contributed by atoms with E-state index >= 15 is 0 Å². The number of carboxylic acid groups (broad SMARTS) is 1. The van der Waals surface area contributed by atoms with Crippen LogP contribution in [0.4, 0.5) is 28.5 Å². The van der Waals surface area contributed by atoms with Crippen LogP contribution in [0.15, 0.2) is 52.4 Å². The molecule has 0 aliphatic carbocycles. The average molecular weight is 590 g/mol. The number of halogens is 5. The zero-order valence-corrected chi connectivity index (χ0v) is 20.9. The summed E-state index contributed by atoms with van der Waals surface area (Å²) in [6.45, 7) is 3.24. The van der Waals surface area contributed by atoms with E-state index in [2.05, 4.69) is 36.1 Å². The van der Waals surface area contributed by atoms with E-state index in [1.165, 1.54) is 17.4 Å². The number of hydrogen-bond acceptors (Lipinski definition) is 7. The Bertz CT molecular complexity index is 1190. The SMILES string of the molecule is O=C(O)C(F)(F)F.O=C(c1cccc(Br)c1F)N1CCN(Cc2cccc(Nc3nccs3)n2)CC1. The molecule has 1 fully saturated rings.